The monoisotopic (exact) mass is 288 g/mol. The van der Waals surface area contributed by atoms with Crippen LogP contribution >= 0.6 is 0 Å². The topological polar surface area (TPSA) is 69.6 Å². The Hall–Kier alpha value is -2.04. The van der Waals surface area contributed by atoms with E-state index in [-0.39, 0.29) is 12.1 Å². The number of urea groups is 1. The number of rotatable bonds is 2. The van der Waals surface area contributed by atoms with Crippen molar-refractivity contribution in [1.82, 2.24) is 4.90 Å². The highest BCUT2D eigenvalue weighted by molar-refractivity contribution is 5.93. The molecule has 3 atom stereocenters. The van der Waals surface area contributed by atoms with E-state index in [1.54, 1.807) is 4.90 Å². The summed E-state index contributed by atoms with van der Waals surface area (Å²) in [5.74, 6) is -0.561. The smallest absolute Gasteiger partial charge is 0.326 e. The van der Waals surface area contributed by atoms with E-state index < -0.39 is 12.0 Å². The number of hydrogen-bond acceptors (Lipinski definition) is 2. The van der Waals surface area contributed by atoms with Crippen molar-refractivity contribution in [3.8, 4) is 0 Å². The second-order valence-corrected chi connectivity index (χ2v) is 5.91. The van der Waals surface area contributed by atoms with Crippen molar-refractivity contribution in [2.24, 2.45) is 5.92 Å². The molecule has 5 nitrogen and oxygen atoms in total. The van der Waals surface area contributed by atoms with Gasteiger partial charge in [-0.1, -0.05) is 31.0 Å². The Kier molecular flexibility index (Phi) is 3.82. The zero-order valence-corrected chi connectivity index (χ0v) is 11.9. The molecule has 2 fully saturated rings. The first kappa shape index (κ1) is 13.9. The third-order valence-electron chi connectivity index (χ3n) is 4.63. The first-order valence-corrected chi connectivity index (χ1v) is 7.54. The normalized spacial score (nSPS) is 28.0. The summed E-state index contributed by atoms with van der Waals surface area (Å²) in [6.45, 7) is 0. The number of amides is 2. The molecule has 2 N–H and O–H groups in total. The molecule has 1 saturated heterocycles. The van der Waals surface area contributed by atoms with Gasteiger partial charge in [0.25, 0.3) is 0 Å². The third kappa shape index (κ3) is 2.73. The lowest BCUT2D eigenvalue weighted by atomic mass is 9.85. The van der Waals surface area contributed by atoms with E-state index in [0.29, 0.717) is 18.0 Å². The van der Waals surface area contributed by atoms with Gasteiger partial charge in [-0.25, -0.2) is 9.59 Å². The van der Waals surface area contributed by atoms with Gasteiger partial charge in [0.2, 0.25) is 0 Å². The number of carbonyl (C=O) groups is 2. The van der Waals surface area contributed by atoms with Gasteiger partial charge >= 0.3 is 12.0 Å². The van der Waals surface area contributed by atoms with Gasteiger partial charge in [-0.15, -0.1) is 0 Å². The van der Waals surface area contributed by atoms with Gasteiger partial charge in [-0.3, -0.25) is 0 Å². The summed E-state index contributed by atoms with van der Waals surface area (Å²) in [7, 11) is 0. The van der Waals surface area contributed by atoms with Crippen molar-refractivity contribution in [2.75, 3.05) is 5.32 Å². The molecule has 2 amide bonds. The van der Waals surface area contributed by atoms with Crippen molar-refractivity contribution in [1.29, 1.82) is 0 Å². The van der Waals surface area contributed by atoms with Crippen LogP contribution in [0.15, 0.2) is 30.3 Å². The first-order valence-electron chi connectivity index (χ1n) is 7.54. The molecular formula is C16H20N2O3. The molecule has 5 heteroatoms. The van der Waals surface area contributed by atoms with Gasteiger partial charge < -0.3 is 15.3 Å². The van der Waals surface area contributed by atoms with Gasteiger partial charge in [0.05, 0.1) is 0 Å². The number of aliphatic carboxylic acids is 1. The summed E-state index contributed by atoms with van der Waals surface area (Å²) in [4.78, 5) is 25.6. The lowest BCUT2D eigenvalue weighted by molar-refractivity contribution is -0.141. The van der Waals surface area contributed by atoms with E-state index in [1.165, 1.54) is 0 Å². The van der Waals surface area contributed by atoms with E-state index >= 15 is 0 Å². The Morgan fingerprint density at radius 1 is 1.14 bits per heavy atom. The number of likely N-dealkylation sites (tertiary alicyclic amines) is 1. The maximum absolute atomic E-state index is 12.5. The van der Waals surface area contributed by atoms with Crippen molar-refractivity contribution in [2.45, 2.75) is 44.2 Å². The summed E-state index contributed by atoms with van der Waals surface area (Å²) in [5.41, 5.74) is 0.700. The van der Waals surface area contributed by atoms with Gasteiger partial charge in [0.15, 0.2) is 0 Å². The Labute approximate surface area is 123 Å². The van der Waals surface area contributed by atoms with E-state index in [9.17, 15) is 14.7 Å². The number of anilines is 1. The molecule has 1 saturated carbocycles. The summed E-state index contributed by atoms with van der Waals surface area (Å²) < 4.78 is 0. The molecule has 0 aromatic heterocycles. The number of hydrogen-bond donors (Lipinski definition) is 2. The molecule has 1 aliphatic carbocycles. The van der Waals surface area contributed by atoms with Crippen LogP contribution in [0.3, 0.4) is 0 Å². The Bertz CT molecular complexity index is 532. The summed E-state index contributed by atoms with van der Waals surface area (Å²) in [5, 5.41) is 12.2. The summed E-state index contributed by atoms with van der Waals surface area (Å²) in [6, 6.07) is 8.27. The standard InChI is InChI=1S/C16H20N2O3/c19-15(20)14-10-11-6-4-5-9-13(11)18(14)16(21)17-12-7-2-1-3-8-12/h1-3,7-8,11,13-14H,4-6,9-10H2,(H,17,21)(H,19,20)/t11-,13-,14+/m1/s1. The Morgan fingerprint density at radius 2 is 1.86 bits per heavy atom. The minimum Gasteiger partial charge on any atom is -0.480 e. The highest BCUT2D eigenvalue weighted by atomic mass is 16.4. The Balaban J connectivity index is 1.79. The van der Waals surface area contributed by atoms with Crippen LogP contribution in [0.4, 0.5) is 10.5 Å². The second-order valence-electron chi connectivity index (χ2n) is 5.91. The molecule has 0 spiro atoms. The van der Waals surface area contributed by atoms with Gasteiger partial charge in [-0.05, 0) is 37.3 Å². The largest absolute Gasteiger partial charge is 0.480 e. The molecule has 2 aliphatic rings. The van der Waals surface area contributed by atoms with E-state index in [0.717, 1.165) is 25.7 Å². The van der Waals surface area contributed by atoms with Crippen LogP contribution < -0.4 is 5.32 Å². The number of carbonyl (C=O) groups excluding carboxylic acids is 1. The second kappa shape index (κ2) is 5.76. The Morgan fingerprint density at radius 3 is 2.57 bits per heavy atom. The van der Waals surface area contributed by atoms with E-state index in [1.807, 2.05) is 30.3 Å². The predicted molar refractivity (Wildman–Crippen MR) is 79.1 cm³/mol. The van der Waals surface area contributed by atoms with Crippen molar-refractivity contribution in [3.63, 3.8) is 0 Å². The number of fused-ring (bicyclic) bond motifs is 1. The molecule has 1 aromatic rings. The molecule has 112 valence electrons. The molecule has 21 heavy (non-hydrogen) atoms. The molecule has 1 aromatic carbocycles. The van der Waals surface area contributed by atoms with Crippen molar-refractivity contribution >= 4 is 17.7 Å². The number of benzene rings is 1. The maximum atomic E-state index is 12.5. The van der Waals surface area contributed by atoms with Crippen LogP contribution in [0, 0.1) is 5.92 Å². The van der Waals surface area contributed by atoms with E-state index in [2.05, 4.69) is 5.32 Å². The quantitative estimate of drug-likeness (QED) is 0.879. The molecule has 1 heterocycles. The number of carboxylic acids is 1. The zero-order chi connectivity index (χ0) is 14.8. The zero-order valence-electron chi connectivity index (χ0n) is 11.9. The number of carboxylic acid groups (broad SMARTS) is 1. The summed E-state index contributed by atoms with van der Waals surface area (Å²) >= 11 is 0. The van der Waals surface area contributed by atoms with Crippen LogP contribution in [-0.4, -0.2) is 34.1 Å². The molecule has 3 rings (SSSR count). The molecule has 0 bridgehead atoms. The number of nitrogens with zero attached hydrogens (tertiary/aromatic N) is 1. The van der Waals surface area contributed by atoms with Crippen molar-refractivity contribution < 1.29 is 14.7 Å². The fourth-order valence-corrected chi connectivity index (χ4v) is 3.68. The third-order valence-corrected chi connectivity index (χ3v) is 4.63. The van der Waals surface area contributed by atoms with Gasteiger partial charge in [0.1, 0.15) is 6.04 Å². The minimum absolute atomic E-state index is 0.0727. The lowest BCUT2D eigenvalue weighted by Gasteiger charge is -2.32. The van der Waals surface area contributed by atoms with Crippen LogP contribution in [0.1, 0.15) is 32.1 Å². The highest BCUT2D eigenvalue weighted by Gasteiger charge is 2.47. The minimum atomic E-state index is -0.896. The maximum Gasteiger partial charge on any atom is 0.326 e. The number of nitrogens with one attached hydrogen (secondary N) is 1. The van der Waals surface area contributed by atoms with E-state index in [4.69, 9.17) is 0 Å². The average molecular weight is 288 g/mol. The van der Waals surface area contributed by atoms with Gasteiger partial charge in [-0.2, -0.15) is 0 Å². The molecule has 0 unspecified atom stereocenters. The number of para-hydroxylation sites is 1. The molecule has 0 radical (unpaired) electrons. The predicted octanol–water partition coefficient (Wildman–Crippen LogP) is 2.94. The summed E-state index contributed by atoms with van der Waals surface area (Å²) in [6.07, 6.45) is 4.74. The lowest BCUT2D eigenvalue weighted by Crippen LogP contribution is -2.48. The van der Waals surface area contributed by atoms with Crippen LogP contribution in [0.2, 0.25) is 0 Å². The first-order chi connectivity index (χ1) is 10.2. The highest BCUT2D eigenvalue weighted by Crippen LogP contribution is 2.40. The fourth-order valence-electron chi connectivity index (χ4n) is 3.68. The van der Waals surface area contributed by atoms with Crippen LogP contribution in [-0.2, 0) is 4.79 Å². The van der Waals surface area contributed by atoms with Crippen molar-refractivity contribution in [3.05, 3.63) is 30.3 Å². The average Bonchev–Trinajstić information content (AvgIpc) is 2.88. The van der Waals surface area contributed by atoms with Crippen LogP contribution in [0.5, 0.6) is 0 Å². The van der Waals surface area contributed by atoms with Crippen LogP contribution in [0.25, 0.3) is 0 Å². The molecular weight excluding hydrogens is 268 g/mol. The van der Waals surface area contributed by atoms with Gasteiger partial charge in [0, 0.05) is 11.7 Å². The molecule has 1 aliphatic heterocycles. The fraction of sp³-hybridized carbons (Fsp3) is 0.500. The SMILES string of the molecule is O=C(O)[C@@H]1C[C@H]2CCCC[C@H]2N1C(=O)Nc1ccccc1.